The third kappa shape index (κ3) is 4.07. The smallest absolute Gasteiger partial charge is 0.259 e. The van der Waals surface area contributed by atoms with Gasteiger partial charge in [-0.3, -0.25) is 4.79 Å². The molecule has 0 saturated carbocycles. The molecule has 142 valence electrons. The maximum atomic E-state index is 12.5. The van der Waals surface area contributed by atoms with Gasteiger partial charge in [0.05, 0.1) is 11.3 Å². The lowest BCUT2D eigenvalue weighted by atomic mass is 10.2. The van der Waals surface area contributed by atoms with E-state index in [1.54, 1.807) is 6.92 Å². The average molecular weight is 441 g/mol. The number of carbonyl (C=O) groups is 1. The van der Waals surface area contributed by atoms with Crippen LogP contribution in [-0.2, 0) is 6.54 Å². The highest BCUT2D eigenvalue weighted by Gasteiger charge is 2.14. The second-order valence-electron chi connectivity index (χ2n) is 6.20. The number of nitrogens with one attached hydrogen (secondary N) is 2. The normalized spacial score (nSPS) is 11.9. The standard InChI is InChI=1S/C20H17BrN4O3/c1-12-16(19(26)25-15-4-2-3-14(21)8-15)10-23-20(24-12)22-9-13-5-6-17-18(7-13)28-11-27-17/h2-8,10H,9,11H2,1H3,(H,25,26)(H,22,23,24). The van der Waals surface area contributed by atoms with E-state index >= 15 is 0 Å². The summed E-state index contributed by atoms with van der Waals surface area (Å²) in [5.74, 6) is 1.68. The second-order valence-corrected chi connectivity index (χ2v) is 7.11. The Kier molecular flexibility index (Phi) is 5.12. The first-order valence-corrected chi connectivity index (χ1v) is 9.41. The molecule has 0 spiro atoms. The summed E-state index contributed by atoms with van der Waals surface area (Å²) in [6, 6.07) is 13.1. The first-order valence-electron chi connectivity index (χ1n) is 8.61. The molecule has 1 aliphatic heterocycles. The Morgan fingerprint density at radius 1 is 1.18 bits per heavy atom. The molecule has 0 saturated heterocycles. The summed E-state index contributed by atoms with van der Waals surface area (Å²) in [5, 5.41) is 6.01. The van der Waals surface area contributed by atoms with Gasteiger partial charge in [0.15, 0.2) is 11.5 Å². The van der Waals surface area contributed by atoms with Crippen LogP contribution in [0.1, 0.15) is 21.6 Å². The monoisotopic (exact) mass is 440 g/mol. The number of amides is 1. The van der Waals surface area contributed by atoms with Gasteiger partial charge in [0.2, 0.25) is 12.7 Å². The van der Waals surface area contributed by atoms with Crippen molar-refractivity contribution in [3.05, 3.63) is 70.0 Å². The van der Waals surface area contributed by atoms with Crippen molar-refractivity contribution in [2.75, 3.05) is 17.4 Å². The van der Waals surface area contributed by atoms with Gasteiger partial charge in [-0.15, -0.1) is 0 Å². The van der Waals surface area contributed by atoms with Gasteiger partial charge in [0, 0.05) is 22.9 Å². The van der Waals surface area contributed by atoms with Gasteiger partial charge < -0.3 is 20.1 Å². The van der Waals surface area contributed by atoms with Crippen molar-refractivity contribution < 1.29 is 14.3 Å². The molecule has 0 atom stereocenters. The molecule has 0 radical (unpaired) electrons. The van der Waals surface area contributed by atoms with Crippen molar-refractivity contribution in [1.29, 1.82) is 0 Å². The molecule has 2 aromatic carbocycles. The lowest BCUT2D eigenvalue weighted by molar-refractivity contribution is 0.102. The van der Waals surface area contributed by atoms with Crippen molar-refractivity contribution in [2.45, 2.75) is 13.5 Å². The van der Waals surface area contributed by atoms with Gasteiger partial charge in [-0.2, -0.15) is 0 Å². The molecular weight excluding hydrogens is 424 g/mol. The fraction of sp³-hybridized carbons (Fsp3) is 0.150. The highest BCUT2D eigenvalue weighted by Crippen LogP contribution is 2.32. The SMILES string of the molecule is Cc1nc(NCc2ccc3c(c2)OCO3)ncc1C(=O)Nc1cccc(Br)c1. The zero-order valence-electron chi connectivity index (χ0n) is 15.0. The van der Waals surface area contributed by atoms with Crippen LogP contribution in [-0.4, -0.2) is 22.7 Å². The molecule has 1 amide bonds. The van der Waals surface area contributed by atoms with E-state index in [2.05, 4.69) is 36.5 Å². The number of hydrogen-bond donors (Lipinski definition) is 2. The number of rotatable bonds is 5. The molecule has 4 rings (SSSR count). The molecule has 0 bridgehead atoms. The topological polar surface area (TPSA) is 85.4 Å². The van der Waals surface area contributed by atoms with Gasteiger partial charge in [-0.1, -0.05) is 28.1 Å². The van der Waals surface area contributed by atoms with Gasteiger partial charge in [-0.25, -0.2) is 9.97 Å². The van der Waals surface area contributed by atoms with Crippen LogP contribution in [0, 0.1) is 6.92 Å². The Hall–Kier alpha value is -3.13. The Morgan fingerprint density at radius 3 is 2.86 bits per heavy atom. The fourth-order valence-electron chi connectivity index (χ4n) is 2.77. The molecule has 0 fully saturated rings. The number of carbonyl (C=O) groups excluding carboxylic acids is 1. The Morgan fingerprint density at radius 2 is 2.04 bits per heavy atom. The molecular formula is C20H17BrN4O3. The minimum absolute atomic E-state index is 0.248. The van der Waals surface area contributed by atoms with E-state index in [0.29, 0.717) is 29.4 Å². The third-order valence-corrected chi connectivity index (χ3v) is 4.69. The number of halogens is 1. The van der Waals surface area contributed by atoms with E-state index in [1.165, 1.54) is 6.20 Å². The Labute approximate surface area is 170 Å². The molecule has 1 aliphatic rings. The number of fused-ring (bicyclic) bond motifs is 1. The lowest BCUT2D eigenvalue weighted by Gasteiger charge is -2.10. The van der Waals surface area contributed by atoms with Crippen molar-refractivity contribution in [3.8, 4) is 11.5 Å². The molecule has 28 heavy (non-hydrogen) atoms. The van der Waals surface area contributed by atoms with Crippen LogP contribution >= 0.6 is 15.9 Å². The number of aryl methyl sites for hydroxylation is 1. The summed E-state index contributed by atoms with van der Waals surface area (Å²) in [4.78, 5) is 21.1. The van der Waals surface area contributed by atoms with Crippen LogP contribution in [0.2, 0.25) is 0 Å². The van der Waals surface area contributed by atoms with Crippen molar-refractivity contribution in [2.24, 2.45) is 0 Å². The zero-order chi connectivity index (χ0) is 19.5. The maximum Gasteiger partial charge on any atom is 0.259 e. The van der Waals surface area contributed by atoms with Crippen molar-refractivity contribution in [3.63, 3.8) is 0 Å². The lowest BCUT2D eigenvalue weighted by Crippen LogP contribution is -2.15. The molecule has 2 N–H and O–H groups in total. The number of aromatic nitrogens is 2. The van der Waals surface area contributed by atoms with Gasteiger partial charge in [0.1, 0.15) is 0 Å². The van der Waals surface area contributed by atoms with Crippen LogP contribution in [0.4, 0.5) is 11.6 Å². The number of benzene rings is 2. The van der Waals surface area contributed by atoms with Crippen LogP contribution in [0.25, 0.3) is 0 Å². The minimum atomic E-state index is -0.252. The summed E-state index contributed by atoms with van der Waals surface area (Å²) >= 11 is 3.39. The molecule has 2 heterocycles. The largest absolute Gasteiger partial charge is 0.454 e. The predicted octanol–water partition coefficient (Wildman–Crippen LogP) is 4.14. The number of hydrogen-bond acceptors (Lipinski definition) is 6. The second kappa shape index (κ2) is 7.85. The third-order valence-electron chi connectivity index (χ3n) is 4.19. The number of nitrogens with zero attached hydrogens (tertiary/aromatic N) is 2. The first-order chi connectivity index (χ1) is 13.6. The zero-order valence-corrected chi connectivity index (χ0v) is 16.6. The van der Waals surface area contributed by atoms with Crippen molar-refractivity contribution in [1.82, 2.24) is 9.97 Å². The van der Waals surface area contributed by atoms with Gasteiger partial charge in [-0.05, 0) is 42.8 Å². The molecule has 0 aliphatic carbocycles. The van der Waals surface area contributed by atoms with Gasteiger partial charge in [0.25, 0.3) is 5.91 Å². The number of ether oxygens (including phenoxy) is 2. The molecule has 1 aromatic heterocycles. The molecule has 3 aromatic rings. The van der Waals surface area contributed by atoms with E-state index in [4.69, 9.17) is 9.47 Å². The van der Waals surface area contributed by atoms with Crippen LogP contribution in [0.15, 0.2) is 53.1 Å². The highest BCUT2D eigenvalue weighted by atomic mass is 79.9. The predicted molar refractivity (Wildman–Crippen MR) is 109 cm³/mol. The van der Waals surface area contributed by atoms with Gasteiger partial charge >= 0.3 is 0 Å². The fourth-order valence-corrected chi connectivity index (χ4v) is 3.17. The number of anilines is 2. The molecule has 7 nitrogen and oxygen atoms in total. The molecule has 0 unspecified atom stereocenters. The van der Waals surface area contributed by atoms with E-state index in [0.717, 1.165) is 21.5 Å². The van der Waals surface area contributed by atoms with Crippen LogP contribution < -0.4 is 20.1 Å². The summed E-state index contributed by atoms with van der Waals surface area (Å²) in [7, 11) is 0. The summed E-state index contributed by atoms with van der Waals surface area (Å²) in [5.41, 5.74) is 2.73. The summed E-state index contributed by atoms with van der Waals surface area (Å²) in [6.45, 7) is 2.56. The summed E-state index contributed by atoms with van der Waals surface area (Å²) < 4.78 is 11.6. The van der Waals surface area contributed by atoms with E-state index in [9.17, 15) is 4.79 Å². The van der Waals surface area contributed by atoms with Crippen molar-refractivity contribution >= 4 is 33.5 Å². The van der Waals surface area contributed by atoms with E-state index < -0.39 is 0 Å². The van der Waals surface area contributed by atoms with Crippen LogP contribution in [0.5, 0.6) is 11.5 Å². The van der Waals surface area contributed by atoms with E-state index in [-0.39, 0.29) is 12.7 Å². The Bertz CT molecular complexity index is 1040. The maximum absolute atomic E-state index is 12.5. The Balaban J connectivity index is 1.41. The van der Waals surface area contributed by atoms with E-state index in [1.807, 2.05) is 42.5 Å². The molecule has 8 heteroatoms. The highest BCUT2D eigenvalue weighted by molar-refractivity contribution is 9.10. The van der Waals surface area contributed by atoms with Crippen LogP contribution in [0.3, 0.4) is 0 Å². The average Bonchev–Trinajstić information content (AvgIpc) is 3.14. The minimum Gasteiger partial charge on any atom is -0.454 e. The quantitative estimate of drug-likeness (QED) is 0.619. The summed E-state index contributed by atoms with van der Waals surface area (Å²) in [6.07, 6.45) is 1.53. The first kappa shape index (κ1) is 18.2.